The smallest absolute Gasteiger partial charge is 0.253 e. The lowest BCUT2D eigenvalue weighted by Gasteiger charge is -2.34. The van der Waals surface area contributed by atoms with E-state index in [4.69, 9.17) is 0 Å². The summed E-state index contributed by atoms with van der Waals surface area (Å²) in [5.41, 5.74) is 2.95. The lowest BCUT2D eigenvalue weighted by Crippen LogP contribution is -2.44. The molecule has 0 spiro atoms. The first kappa shape index (κ1) is 26.0. The summed E-state index contributed by atoms with van der Waals surface area (Å²) in [7, 11) is 0.0791. The number of sulfonamides is 1. The van der Waals surface area contributed by atoms with Crippen LogP contribution in [0, 0.1) is 5.82 Å². The number of nitrogens with zero attached hydrogens (tertiary/aromatic N) is 4. The number of hydrogen-bond acceptors (Lipinski definition) is 6. The molecule has 4 aromatic rings. The van der Waals surface area contributed by atoms with Gasteiger partial charge in [-0.05, 0) is 74.9 Å². The molecule has 2 aromatic heterocycles. The number of carbonyl (C=O) groups is 1. The second-order valence-corrected chi connectivity index (χ2v) is 11.6. The molecule has 38 heavy (non-hydrogen) atoms. The number of benzene rings is 2. The first-order valence-electron chi connectivity index (χ1n) is 12.4. The molecule has 9 nitrogen and oxygen atoms in total. The molecule has 1 aliphatic rings. The van der Waals surface area contributed by atoms with Gasteiger partial charge in [-0.15, -0.1) is 0 Å². The van der Waals surface area contributed by atoms with Crippen LogP contribution in [0.25, 0.3) is 22.2 Å². The van der Waals surface area contributed by atoms with Crippen molar-refractivity contribution in [3.05, 3.63) is 77.9 Å². The van der Waals surface area contributed by atoms with Crippen molar-refractivity contribution in [3.63, 3.8) is 0 Å². The average molecular weight is 537 g/mol. The molecular weight excluding hydrogens is 507 g/mol. The number of nitrogens with one attached hydrogen (secondary N) is 2. The topological polar surface area (TPSA) is 111 Å². The van der Waals surface area contributed by atoms with Crippen molar-refractivity contribution in [2.24, 2.45) is 0 Å². The van der Waals surface area contributed by atoms with Crippen molar-refractivity contribution in [3.8, 4) is 11.3 Å². The van der Waals surface area contributed by atoms with Crippen molar-refractivity contribution in [1.29, 1.82) is 0 Å². The van der Waals surface area contributed by atoms with Gasteiger partial charge in [-0.25, -0.2) is 12.8 Å². The predicted octanol–water partition coefficient (Wildman–Crippen LogP) is 3.41. The molecule has 11 heteroatoms. The van der Waals surface area contributed by atoms with Crippen LogP contribution in [-0.4, -0.2) is 71.9 Å². The van der Waals surface area contributed by atoms with Gasteiger partial charge in [-0.2, -0.15) is 9.40 Å². The molecular formula is C27H29FN6O3S. The number of aromatic amines is 1. The summed E-state index contributed by atoms with van der Waals surface area (Å²) in [4.78, 5) is 19.8. The number of amides is 1. The molecule has 0 atom stereocenters. The Labute approximate surface area is 220 Å². The fourth-order valence-corrected chi connectivity index (χ4v) is 6.14. The number of likely N-dealkylation sites (tertiary alicyclic amines) is 1. The Balaban J connectivity index is 1.27. The maximum atomic E-state index is 13.3. The van der Waals surface area contributed by atoms with Crippen LogP contribution in [0.15, 0.2) is 65.8 Å². The first-order chi connectivity index (χ1) is 18.2. The highest BCUT2D eigenvalue weighted by molar-refractivity contribution is 7.89. The minimum Gasteiger partial charge on any atom is -0.348 e. The van der Waals surface area contributed by atoms with Crippen LogP contribution in [0.2, 0.25) is 0 Å². The van der Waals surface area contributed by atoms with Gasteiger partial charge in [0.15, 0.2) is 0 Å². The number of pyridine rings is 1. The van der Waals surface area contributed by atoms with Crippen molar-refractivity contribution < 1.29 is 17.6 Å². The summed E-state index contributed by atoms with van der Waals surface area (Å²) < 4.78 is 41.1. The number of aromatic nitrogens is 3. The van der Waals surface area contributed by atoms with Crippen molar-refractivity contribution in [2.75, 3.05) is 27.2 Å². The summed E-state index contributed by atoms with van der Waals surface area (Å²) >= 11 is 0. The second kappa shape index (κ2) is 10.6. The highest BCUT2D eigenvalue weighted by Crippen LogP contribution is 2.27. The van der Waals surface area contributed by atoms with E-state index in [0.717, 1.165) is 31.5 Å². The SMILES string of the molecule is CN1CCC(N(C)S(=O)(=O)c2ccc(CNC(=O)c3cnc(-c4ccc(F)cc4)c4[nH]ncc34)cc2)CC1. The number of H-pyrrole nitrogens is 1. The van der Waals surface area contributed by atoms with Crippen LogP contribution in [0.3, 0.4) is 0 Å². The molecule has 1 fully saturated rings. The number of hydrogen-bond donors (Lipinski definition) is 2. The van der Waals surface area contributed by atoms with Crippen molar-refractivity contribution >= 4 is 26.8 Å². The van der Waals surface area contributed by atoms with E-state index in [0.29, 0.717) is 27.7 Å². The van der Waals surface area contributed by atoms with E-state index in [9.17, 15) is 17.6 Å². The van der Waals surface area contributed by atoms with Gasteiger partial charge in [0.2, 0.25) is 10.0 Å². The zero-order chi connectivity index (χ0) is 26.9. The van der Waals surface area contributed by atoms with Crippen molar-refractivity contribution in [2.45, 2.75) is 30.3 Å². The summed E-state index contributed by atoms with van der Waals surface area (Å²) in [5.74, 6) is -0.686. The Morgan fingerprint density at radius 3 is 2.47 bits per heavy atom. The highest BCUT2D eigenvalue weighted by Gasteiger charge is 2.30. The normalized spacial score (nSPS) is 15.3. The zero-order valence-corrected chi connectivity index (χ0v) is 22.0. The predicted molar refractivity (Wildman–Crippen MR) is 142 cm³/mol. The fourth-order valence-electron chi connectivity index (χ4n) is 4.72. The molecule has 5 rings (SSSR count). The average Bonchev–Trinajstić information content (AvgIpc) is 3.42. The molecule has 3 heterocycles. The maximum absolute atomic E-state index is 13.3. The van der Waals surface area contributed by atoms with E-state index in [2.05, 4.69) is 25.4 Å². The highest BCUT2D eigenvalue weighted by atomic mass is 32.2. The van der Waals surface area contributed by atoms with E-state index in [1.54, 1.807) is 49.6 Å². The van der Waals surface area contributed by atoms with Crippen LogP contribution < -0.4 is 5.32 Å². The Bertz CT molecular complexity index is 1550. The number of piperidine rings is 1. The Morgan fingerprint density at radius 1 is 1.11 bits per heavy atom. The van der Waals surface area contributed by atoms with Gasteiger partial charge in [0.05, 0.1) is 27.9 Å². The third-order valence-electron chi connectivity index (χ3n) is 7.11. The Hall–Kier alpha value is -3.67. The molecule has 2 aromatic carbocycles. The van der Waals surface area contributed by atoms with Gasteiger partial charge < -0.3 is 10.2 Å². The summed E-state index contributed by atoms with van der Waals surface area (Å²) in [5, 5.41) is 10.4. The zero-order valence-electron chi connectivity index (χ0n) is 21.2. The minimum absolute atomic E-state index is 0.0158. The molecule has 1 saturated heterocycles. The molecule has 1 amide bonds. The monoisotopic (exact) mass is 536 g/mol. The van der Waals surface area contributed by atoms with Crippen LogP contribution in [0.1, 0.15) is 28.8 Å². The lowest BCUT2D eigenvalue weighted by atomic mass is 10.1. The standard InChI is InChI=1S/C27H29FN6O3S/c1-33-13-11-21(12-14-33)34(2)38(36,37)22-9-3-18(4-10-22)15-30-27(35)24-16-29-25(26-23(24)17-31-32-26)19-5-7-20(28)8-6-19/h3-10,16-17,21H,11-15H2,1-2H3,(H,30,35)(H,31,32). The van der Waals surface area contributed by atoms with Gasteiger partial charge in [0, 0.05) is 36.8 Å². The number of fused-ring (bicyclic) bond motifs is 1. The second-order valence-electron chi connectivity index (χ2n) is 9.57. The van der Waals surface area contributed by atoms with Crippen LogP contribution >= 0.6 is 0 Å². The quantitative estimate of drug-likeness (QED) is 0.375. The third-order valence-corrected chi connectivity index (χ3v) is 9.03. The van der Waals surface area contributed by atoms with Crippen LogP contribution in [0.4, 0.5) is 4.39 Å². The molecule has 0 bridgehead atoms. The van der Waals surface area contributed by atoms with E-state index < -0.39 is 10.0 Å². The van der Waals surface area contributed by atoms with Gasteiger partial charge in [-0.3, -0.25) is 14.9 Å². The number of carbonyl (C=O) groups excluding carboxylic acids is 1. The molecule has 0 saturated carbocycles. The molecule has 198 valence electrons. The van der Waals surface area contributed by atoms with E-state index in [1.165, 1.54) is 22.6 Å². The molecule has 0 radical (unpaired) electrons. The fraction of sp³-hybridized carbons (Fsp3) is 0.296. The number of rotatable bonds is 7. The lowest BCUT2D eigenvalue weighted by molar-refractivity contribution is 0.0952. The minimum atomic E-state index is -3.61. The van der Waals surface area contributed by atoms with Gasteiger partial charge >= 0.3 is 0 Å². The molecule has 0 aliphatic carbocycles. The van der Waals surface area contributed by atoms with Gasteiger partial charge in [0.1, 0.15) is 5.82 Å². The van der Waals surface area contributed by atoms with Crippen LogP contribution in [0.5, 0.6) is 0 Å². The third kappa shape index (κ3) is 5.17. The van der Waals surface area contributed by atoms with E-state index in [-0.39, 0.29) is 29.2 Å². The van der Waals surface area contributed by atoms with Crippen molar-refractivity contribution in [1.82, 2.24) is 29.7 Å². The molecule has 1 aliphatic heterocycles. The van der Waals surface area contributed by atoms with Gasteiger partial charge in [0.25, 0.3) is 5.91 Å². The molecule has 0 unspecified atom stereocenters. The van der Waals surface area contributed by atoms with Gasteiger partial charge in [-0.1, -0.05) is 12.1 Å². The van der Waals surface area contributed by atoms with E-state index >= 15 is 0 Å². The Kier molecular flexibility index (Phi) is 7.24. The first-order valence-corrected chi connectivity index (χ1v) is 13.8. The Morgan fingerprint density at radius 2 is 1.79 bits per heavy atom. The summed E-state index contributed by atoms with van der Waals surface area (Å²) in [6, 6.07) is 12.5. The summed E-state index contributed by atoms with van der Waals surface area (Å²) in [6.45, 7) is 1.96. The maximum Gasteiger partial charge on any atom is 0.253 e. The number of halogens is 1. The largest absolute Gasteiger partial charge is 0.348 e. The summed E-state index contributed by atoms with van der Waals surface area (Å²) in [6.07, 6.45) is 4.64. The van der Waals surface area contributed by atoms with Crippen LogP contribution in [-0.2, 0) is 16.6 Å². The molecule has 2 N–H and O–H groups in total. The van der Waals surface area contributed by atoms with E-state index in [1.807, 2.05) is 7.05 Å².